The van der Waals surface area contributed by atoms with E-state index in [2.05, 4.69) is 96.3 Å². The predicted octanol–water partition coefficient (Wildman–Crippen LogP) is 4.38. The van der Waals surface area contributed by atoms with Gasteiger partial charge in [0.15, 0.2) is 11.5 Å². The van der Waals surface area contributed by atoms with E-state index in [-0.39, 0.29) is 60.5 Å². The fourth-order valence-corrected chi connectivity index (χ4v) is 10.7. The molecule has 5 aliphatic heterocycles. The van der Waals surface area contributed by atoms with Gasteiger partial charge in [-0.25, -0.2) is 9.97 Å². The predicted molar refractivity (Wildman–Crippen MR) is 257 cm³/mol. The molecule has 18 heteroatoms. The van der Waals surface area contributed by atoms with E-state index in [0.717, 1.165) is 104 Å². The summed E-state index contributed by atoms with van der Waals surface area (Å²) in [5, 5.41) is 18.3. The third-order valence-corrected chi connectivity index (χ3v) is 15.1. The van der Waals surface area contributed by atoms with Crippen molar-refractivity contribution in [2.75, 3.05) is 61.0 Å². The highest BCUT2D eigenvalue weighted by Gasteiger charge is 2.47. The number of nitrogens with two attached hydrogens (primary N) is 1. The molecule has 0 saturated carbocycles. The molecule has 0 radical (unpaired) electrons. The van der Waals surface area contributed by atoms with Gasteiger partial charge in [0.2, 0.25) is 11.8 Å². The maximum absolute atomic E-state index is 13.0. The number of nitrogens with one attached hydrogen (secondary N) is 3. The number of benzene rings is 3. The molecule has 4 fully saturated rings. The molecule has 4 saturated heterocycles. The number of anilines is 3. The molecular formula is C50H56N12O5S. The van der Waals surface area contributed by atoms with Crippen molar-refractivity contribution >= 4 is 52.7 Å². The normalized spacial score (nSPS) is 21.5. The van der Waals surface area contributed by atoms with Crippen molar-refractivity contribution in [1.82, 2.24) is 40.6 Å². The number of amides is 4. The van der Waals surface area contributed by atoms with E-state index in [1.165, 1.54) is 16.0 Å². The molecule has 0 aliphatic carbocycles. The van der Waals surface area contributed by atoms with Crippen LogP contribution in [0.5, 0.6) is 0 Å². The average Bonchev–Trinajstić information content (AvgIpc) is 3.83. The minimum atomic E-state index is -0.675. The van der Waals surface area contributed by atoms with Gasteiger partial charge in [0.1, 0.15) is 16.9 Å². The van der Waals surface area contributed by atoms with E-state index in [4.69, 9.17) is 20.4 Å². The summed E-state index contributed by atoms with van der Waals surface area (Å²) in [6.07, 6.45) is 6.39. The number of carbonyl (C=O) groups excluding carboxylic acids is 4. The van der Waals surface area contributed by atoms with Gasteiger partial charge in [0, 0.05) is 99.5 Å². The molecule has 1 spiro atoms. The zero-order valence-electron chi connectivity index (χ0n) is 38.1. The van der Waals surface area contributed by atoms with E-state index in [9.17, 15) is 19.2 Å². The summed E-state index contributed by atoms with van der Waals surface area (Å²) in [7, 11) is 0. The van der Waals surface area contributed by atoms with Gasteiger partial charge in [-0.2, -0.15) is 0 Å². The first-order valence-corrected chi connectivity index (χ1v) is 24.3. The Labute approximate surface area is 399 Å². The van der Waals surface area contributed by atoms with Gasteiger partial charge in [0.05, 0.1) is 25.1 Å². The summed E-state index contributed by atoms with van der Waals surface area (Å²) in [4.78, 5) is 69.1. The second-order valence-electron chi connectivity index (χ2n) is 18.5. The first-order chi connectivity index (χ1) is 33.1. The van der Waals surface area contributed by atoms with Crippen LogP contribution in [0, 0.1) is 5.41 Å². The van der Waals surface area contributed by atoms with Crippen molar-refractivity contribution in [2.45, 2.75) is 86.9 Å². The number of hydrogen-bond donors (Lipinski definition) is 4. The summed E-state index contributed by atoms with van der Waals surface area (Å²) in [5.74, 6) is 0.292. The van der Waals surface area contributed by atoms with Gasteiger partial charge in [-0.1, -0.05) is 54.2 Å². The van der Waals surface area contributed by atoms with Crippen molar-refractivity contribution in [3.8, 4) is 0 Å². The van der Waals surface area contributed by atoms with Crippen LogP contribution in [0.15, 0.2) is 101 Å². The molecule has 10 rings (SSSR count). The molecule has 17 nitrogen and oxygen atoms in total. The highest BCUT2D eigenvalue weighted by atomic mass is 32.2. The van der Waals surface area contributed by atoms with Crippen molar-refractivity contribution in [1.29, 1.82) is 0 Å². The third kappa shape index (κ3) is 9.90. The topological polar surface area (TPSA) is 204 Å². The Balaban J connectivity index is 0.636. The Bertz CT molecular complexity index is 2660. The van der Waals surface area contributed by atoms with Crippen LogP contribution in [0.3, 0.4) is 0 Å². The summed E-state index contributed by atoms with van der Waals surface area (Å²) >= 11 is 1.61. The number of carbonyl (C=O) groups is 4. The van der Waals surface area contributed by atoms with Crippen LogP contribution in [-0.2, 0) is 40.5 Å². The number of aromatic nitrogens is 4. The minimum Gasteiger partial charge on any atom is -0.381 e. The number of hydrogen-bond acceptors (Lipinski definition) is 15. The Morgan fingerprint density at radius 3 is 2.35 bits per heavy atom. The van der Waals surface area contributed by atoms with Crippen LogP contribution >= 0.6 is 11.8 Å². The molecule has 68 heavy (non-hydrogen) atoms. The summed E-state index contributed by atoms with van der Waals surface area (Å²) < 4.78 is 5.89. The number of nitrogens with zero attached hydrogens (tertiary/aromatic N) is 8. The molecule has 5 N–H and O–H groups in total. The van der Waals surface area contributed by atoms with E-state index >= 15 is 0 Å². The number of ether oxygens (including phenoxy) is 1. The van der Waals surface area contributed by atoms with Gasteiger partial charge in [-0.15, -0.1) is 10.2 Å². The molecule has 5 aromatic rings. The van der Waals surface area contributed by atoms with Crippen LogP contribution in [0.25, 0.3) is 0 Å². The maximum Gasteiger partial charge on any atom is 0.272 e. The lowest BCUT2D eigenvalue weighted by Gasteiger charge is -2.41. The SMILES string of the molecule is C[C@@H]1OCC2(CCN(c3cnc(Sc4cccc(NCc5ccc(CN6CCN(c7ccc(C(=O)NCc8ccc9c(c8)CN(C8CCC(=O)NC8=O)C9=O)nn7)CC6)cc5)c4)cn3)CC2)[C@@H]1N. The average molecular weight is 937 g/mol. The number of fused-ring (bicyclic) bond motifs is 1. The zero-order chi connectivity index (χ0) is 46.8. The van der Waals surface area contributed by atoms with E-state index in [1.54, 1.807) is 30.0 Å². The van der Waals surface area contributed by atoms with Gasteiger partial charge < -0.3 is 35.8 Å². The Morgan fingerprint density at radius 2 is 1.63 bits per heavy atom. The molecule has 352 valence electrons. The minimum absolute atomic E-state index is 0.0821. The number of piperazine rings is 1. The molecule has 3 atom stereocenters. The smallest absolute Gasteiger partial charge is 0.272 e. The van der Waals surface area contributed by atoms with Crippen LogP contribution in [0.4, 0.5) is 17.3 Å². The second-order valence-corrected chi connectivity index (χ2v) is 19.6. The molecule has 5 aliphatic rings. The highest BCUT2D eigenvalue weighted by Crippen LogP contribution is 2.42. The Morgan fingerprint density at radius 1 is 0.853 bits per heavy atom. The van der Waals surface area contributed by atoms with Crippen molar-refractivity contribution < 1.29 is 23.9 Å². The van der Waals surface area contributed by atoms with Crippen molar-refractivity contribution in [3.05, 3.63) is 125 Å². The molecule has 3 aromatic carbocycles. The monoisotopic (exact) mass is 936 g/mol. The van der Waals surface area contributed by atoms with Crippen molar-refractivity contribution in [3.63, 3.8) is 0 Å². The third-order valence-electron chi connectivity index (χ3n) is 14.1. The van der Waals surface area contributed by atoms with Gasteiger partial charge in [-0.05, 0) is 84.8 Å². The van der Waals surface area contributed by atoms with Gasteiger partial charge in [-0.3, -0.25) is 29.4 Å². The second kappa shape index (κ2) is 19.6. The lowest BCUT2D eigenvalue weighted by atomic mass is 9.73. The van der Waals surface area contributed by atoms with Crippen LogP contribution in [0.1, 0.15) is 75.7 Å². The molecule has 2 aromatic heterocycles. The summed E-state index contributed by atoms with van der Waals surface area (Å²) in [6, 6.07) is 25.5. The summed E-state index contributed by atoms with van der Waals surface area (Å²) in [5.41, 5.74) is 12.4. The van der Waals surface area contributed by atoms with Gasteiger partial charge in [0.25, 0.3) is 11.8 Å². The summed E-state index contributed by atoms with van der Waals surface area (Å²) in [6.45, 7) is 10.1. The standard InChI is InChI=1S/C50H56N12O5S/c1-32-46(51)50(31-67-32)15-17-60(18-16-50)43-27-54-45(28-53-43)68-38-4-2-3-37(24-38)52-25-33-5-7-34(8-6-33)29-59-19-21-61(22-20-59)42-13-11-40(57-58-42)47(64)55-26-35-9-10-39-36(23-35)30-62(49(39)66)41-12-14-44(63)56-48(41)65/h2-11,13,23-24,27-28,32,41,46,52H,12,14-22,25-26,29-31,51H2,1H3,(H,55,64)(H,56,63,65)/t32-,41?,46+/m0/s1. The Hall–Kier alpha value is -6.47. The van der Waals surface area contributed by atoms with E-state index < -0.39 is 11.9 Å². The molecule has 7 heterocycles. The van der Waals surface area contributed by atoms with Gasteiger partial charge >= 0.3 is 0 Å². The first kappa shape index (κ1) is 45.3. The van der Waals surface area contributed by atoms with Crippen LogP contribution in [-0.4, -0.2) is 118 Å². The quantitative estimate of drug-likeness (QED) is 0.121. The number of piperidine rings is 2. The fourth-order valence-electron chi connectivity index (χ4n) is 9.96. The largest absolute Gasteiger partial charge is 0.381 e. The molecule has 0 bridgehead atoms. The maximum atomic E-state index is 13.0. The first-order valence-electron chi connectivity index (χ1n) is 23.5. The van der Waals surface area contributed by atoms with Crippen LogP contribution in [0.2, 0.25) is 0 Å². The molecule has 1 unspecified atom stereocenters. The fraction of sp³-hybridized carbons (Fsp3) is 0.400. The van der Waals surface area contributed by atoms with E-state index in [0.29, 0.717) is 18.5 Å². The van der Waals surface area contributed by atoms with E-state index in [1.807, 2.05) is 24.5 Å². The van der Waals surface area contributed by atoms with Crippen LogP contribution < -0.4 is 31.5 Å². The Kier molecular flexibility index (Phi) is 13.1. The lowest BCUT2D eigenvalue weighted by Crippen LogP contribution is -2.52. The number of rotatable bonds is 13. The lowest BCUT2D eigenvalue weighted by molar-refractivity contribution is -0.136. The number of imide groups is 1. The zero-order valence-corrected chi connectivity index (χ0v) is 38.9. The molecule has 4 amide bonds. The highest BCUT2D eigenvalue weighted by molar-refractivity contribution is 7.99. The van der Waals surface area contributed by atoms with Crippen molar-refractivity contribution in [2.24, 2.45) is 11.1 Å². The molecular weight excluding hydrogens is 881 g/mol.